The van der Waals surface area contributed by atoms with E-state index < -0.39 is 0 Å². The highest BCUT2D eigenvalue weighted by Gasteiger charge is 2.61. The zero-order valence-corrected chi connectivity index (χ0v) is 12.7. The second kappa shape index (κ2) is 5.08. The van der Waals surface area contributed by atoms with E-state index in [-0.39, 0.29) is 29.0 Å². The van der Waals surface area contributed by atoms with Crippen molar-refractivity contribution in [3.05, 3.63) is 41.7 Å². The van der Waals surface area contributed by atoms with Crippen molar-refractivity contribution in [3.63, 3.8) is 0 Å². The second-order valence-corrected chi connectivity index (χ2v) is 6.22. The van der Waals surface area contributed by atoms with Crippen LogP contribution in [0.25, 0.3) is 4.48 Å². The van der Waals surface area contributed by atoms with Crippen molar-refractivity contribution < 1.29 is 13.9 Å². The van der Waals surface area contributed by atoms with E-state index in [0.717, 1.165) is 10.0 Å². The quantitative estimate of drug-likeness (QED) is 0.784. The average Bonchev–Trinajstić information content (AvgIpc) is 2.90. The van der Waals surface area contributed by atoms with Gasteiger partial charge in [-0.05, 0) is 29.0 Å². The van der Waals surface area contributed by atoms with Crippen LogP contribution in [-0.2, 0) is 9.53 Å². The first-order valence-corrected chi connectivity index (χ1v) is 6.88. The van der Waals surface area contributed by atoms with Crippen LogP contribution in [-0.4, -0.2) is 13.1 Å². The van der Waals surface area contributed by atoms with Crippen molar-refractivity contribution in [2.24, 2.45) is 17.3 Å². The second-order valence-electron chi connectivity index (χ2n) is 5.37. The van der Waals surface area contributed by atoms with Gasteiger partial charge in [0.1, 0.15) is 5.82 Å². The number of halogens is 2. The summed E-state index contributed by atoms with van der Waals surface area (Å²) in [6.07, 6.45) is 2.01. The molecule has 0 heterocycles. The molecule has 2 atom stereocenters. The maximum absolute atomic E-state index is 12.9. The van der Waals surface area contributed by atoms with Crippen molar-refractivity contribution in [1.29, 1.82) is 0 Å². The van der Waals surface area contributed by atoms with Crippen LogP contribution in [0, 0.1) is 23.1 Å². The lowest BCUT2D eigenvalue weighted by Crippen LogP contribution is -2.07. The third-order valence-corrected chi connectivity index (χ3v) is 4.53. The van der Waals surface area contributed by atoms with E-state index in [1.54, 1.807) is 12.1 Å². The summed E-state index contributed by atoms with van der Waals surface area (Å²) in [5, 5.41) is 0. The van der Waals surface area contributed by atoms with Gasteiger partial charge in [-0.1, -0.05) is 48.0 Å². The number of hydrogen-bond donors (Lipinski definition) is 0. The molecule has 0 unspecified atom stereocenters. The summed E-state index contributed by atoms with van der Waals surface area (Å²) in [6, 6.07) is 6.25. The Hall–Kier alpha value is -1.16. The smallest absolute Gasteiger partial charge is 0.309 e. The number of esters is 1. The maximum atomic E-state index is 12.9. The van der Waals surface area contributed by atoms with Gasteiger partial charge in [-0.15, -0.1) is 0 Å². The summed E-state index contributed by atoms with van der Waals surface area (Å²) in [5.74, 6) is -0.404. The third-order valence-electron chi connectivity index (χ3n) is 3.81. The van der Waals surface area contributed by atoms with Crippen molar-refractivity contribution in [2.75, 3.05) is 7.11 Å². The number of ether oxygens (including phenoxy) is 1. The molecule has 4 heteroatoms. The van der Waals surface area contributed by atoms with Crippen LogP contribution >= 0.6 is 15.9 Å². The Labute approximate surface area is 120 Å². The lowest BCUT2D eigenvalue weighted by molar-refractivity contribution is -0.143. The van der Waals surface area contributed by atoms with Crippen molar-refractivity contribution in [3.8, 4) is 0 Å². The number of carbonyl (C=O) groups excluding carboxylic acids is 1. The van der Waals surface area contributed by atoms with E-state index in [4.69, 9.17) is 4.74 Å². The Morgan fingerprint density at radius 1 is 1.37 bits per heavy atom. The zero-order valence-electron chi connectivity index (χ0n) is 11.1. The van der Waals surface area contributed by atoms with Gasteiger partial charge in [-0.3, -0.25) is 4.79 Å². The molecule has 1 fully saturated rings. The molecule has 0 spiro atoms. The number of methoxy groups -OCH3 is 1. The molecule has 1 aliphatic rings. The molecule has 1 aliphatic carbocycles. The molecule has 0 N–H and O–H groups in total. The Bertz CT molecular complexity index is 519. The SMILES string of the molecule is COC(=O)[C@@H]1[C@H](/C=C(\Br)c2ccc(F)cc2)C1(C)C. The van der Waals surface area contributed by atoms with Crippen molar-refractivity contribution >= 4 is 26.4 Å². The zero-order chi connectivity index (χ0) is 14.2. The summed E-state index contributed by atoms with van der Waals surface area (Å²) >= 11 is 3.49. The first-order valence-electron chi connectivity index (χ1n) is 6.09. The number of carbonyl (C=O) groups is 1. The fourth-order valence-electron chi connectivity index (χ4n) is 2.43. The Kier molecular flexibility index (Phi) is 3.81. The van der Waals surface area contributed by atoms with Crippen LogP contribution in [0.4, 0.5) is 4.39 Å². The molecule has 2 nitrogen and oxygen atoms in total. The minimum absolute atomic E-state index is 0.0911. The first kappa shape index (κ1) is 14.3. The van der Waals surface area contributed by atoms with Crippen LogP contribution in [0.5, 0.6) is 0 Å². The predicted molar refractivity (Wildman–Crippen MR) is 76.1 cm³/mol. The topological polar surface area (TPSA) is 26.3 Å². The van der Waals surface area contributed by atoms with Gasteiger partial charge < -0.3 is 4.74 Å². The Morgan fingerprint density at radius 2 is 1.95 bits per heavy atom. The van der Waals surface area contributed by atoms with Crippen molar-refractivity contribution in [1.82, 2.24) is 0 Å². The highest BCUT2D eigenvalue weighted by atomic mass is 79.9. The van der Waals surface area contributed by atoms with Gasteiger partial charge in [0.2, 0.25) is 0 Å². The van der Waals surface area contributed by atoms with E-state index in [9.17, 15) is 9.18 Å². The lowest BCUT2D eigenvalue weighted by atomic mass is 10.1. The third kappa shape index (κ3) is 2.73. The van der Waals surface area contributed by atoms with E-state index in [2.05, 4.69) is 15.9 Å². The summed E-state index contributed by atoms with van der Waals surface area (Å²) in [7, 11) is 1.41. The van der Waals surface area contributed by atoms with Crippen molar-refractivity contribution in [2.45, 2.75) is 13.8 Å². The summed E-state index contributed by atoms with van der Waals surface area (Å²) in [6.45, 7) is 4.08. The van der Waals surface area contributed by atoms with Gasteiger partial charge in [-0.25, -0.2) is 4.39 Å². The van der Waals surface area contributed by atoms with Gasteiger partial charge in [0, 0.05) is 4.48 Å². The van der Waals surface area contributed by atoms with E-state index in [1.807, 2.05) is 19.9 Å². The minimum atomic E-state index is -0.261. The number of rotatable bonds is 3. The van der Waals surface area contributed by atoms with Crippen LogP contribution < -0.4 is 0 Å². The molecular formula is C15H16BrFO2. The maximum Gasteiger partial charge on any atom is 0.309 e. The minimum Gasteiger partial charge on any atom is -0.469 e. The van der Waals surface area contributed by atoms with Gasteiger partial charge in [0.05, 0.1) is 13.0 Å². The standard InChI is InChI=1S/C15H16BrFO2/c1-15(2)11(13(15)14(18)19-3)8-12(16)9-4-6-10(17)7-5-9/h4-8,11,13H,1-3H3/b12-8-/t11-,13-/m0/s1. The van der Waals surface area contributed by atoms with Crippen LogP contribution in [0.3, 0.4) is 0 Å². The van der Waals surface area contributed by atoms with E-state index in [0.29, 0.717) is 0 Å². The van der Waals surface area contributed by atoms with Gasteiger partial charge in [0.25, 0.3) is 0 Å². The molecule has 1 aromatic carbocycles. The largest absolute Gasteiger partial charge is 0.469 e. The lowest BCUT2D eigenvalue weighted by Gasteiger charge is -2.01. The fourth-order valence-corrected chi connectivity index (χ4v) is 2.98. The molecule has 0 aromatic heterocycles. The number of hydrogen-bond acceptors (Lipinski definition) is 2. The molecule has 1 aromatic rings. The molecule has 19 heavy (non-hydrogen) atoms. The first-order chi connectivity index (χ1) is 8.87. The summed E-state index contributed by atoms with van der Waals surface area (Å²) in [5.41, 5.74) is 0.805. The average molecular weight is 327 g/mol. The number of benzene rings is 1. The summed E-state index contributed by atoms with van der Waals surface area (Å²) < 4.78 is 18.5. The van der Waals surface area contributed by atoms with E-state index >= 15 is 0 Å². The summed E-state index contributed by atoms with van der Waals surface area (Å²) in [4.78, 5) is 11.6. The normalized spacial score (nSPS) is 25.0. The van der Waals surface area contributed by atoms with Gasteiger partial charge >= 0.3 is 5.97 Å². The van der Waals surface area contributed by atoms with E-state index in [1.165, 1.54) is 19.2 Å². The molecule has 102 valence electrons. The fraction of sp³-hybridized carbons (Fsp3) is 0.400. The van der Waals surface area contributed by atoms with Crippen LogP contribution in [0.2, 0.25) is 0 Å². The molecule has 0 bridgehead atoms. The monoisotopic (exact) mass is 326 g/mol. The highest BCUT2D eigenvalue weighted by molar-refractivity contribution is 9.15. The molecule has 1 saturated carbocycles. The highest BCUT2D eigenvalue weighted by Crippen LogP contribution is 2.60. The molecule has 2 rings (SSSR count). The Balaban J connectivity index is 2.18. The molecular weight excluding hydrogens is 311 g/mol. The molecule has 0 radical (unpaired) electrons. The molecule has 0 saturated heterocycles. The van der Waals surface area contributed by atoms with Crippen LogP contribution in [0.1, 0.15) is 19.4 Å². The van der Waals surface area contributed by atoms with Gasteiger partial charge in [-0.2, -0.15) is 0 Å². The Morgan fingerprint density at radius 3 is 2.47 bits per heavy atom. The number of allylic oxidation sites excluding steroid dienone is 1. The molecule has 0 amide bonds. The predicted octanol–water partition coefficient (Wildman–Crippen LogP) is 4.01. The van der Waals surface area contributed by atoms with Gasteiger partial charge in [0.15, 0.2) is 0 Å². The molecule has 0 aliphatic heterocycles. The van der Waals surface area contributed by atoms with Crippen LogP contribution in [0.15, 0.2) is 30.3 Å².